The normalized spacial score (nSPS) is 23.1. The van der Waals surface area contributed by atoms with Crippen molar-refractivity contribution >= 4 is 39.5 Å². The lowest BCUT2D eigenvalue weighted by Gasteiger charge is -2.45. The molecule has 6 rings (SSSR count). The number of nitrogens with one attached hydrogen (secondary N) is 1. The predicted octanol–water partition coefficient (Wildman–Crippen LogP) is 5.64. The first-order valence-corrected chi connectivity index (χ1v) is 14.4. The quantitative estimate of drug-likeness (QED) is 0.481. The summed E-state index contributed by atoms with van der Waals surface area (Å²) in [6.07, 6.45) is 10.7. The number of carbonyl (C=O) groups is 1. The van der Waals surface area contributed by atoms with E-state index in [0.29, 0.717) is 23.5 Å². The third kappa shape index (κ3) is 4.61. The molecule has 3 aliphatic rings. The van der Waals surface area contributed by atoms with Crippen LogP contribution in [0.2, 0.25) is 0 Å². The zero-order valence-electron chi connectivity index (χ0n) is 20.4. The van der Waals surface area contributed by atoms with E-state index in [9.17, 15) is 4.79 Å². The highest BCUT2D eigenvalue weighted by molar-refractivity contribution is 7.16. The minimum Gasteiger partial charge on any atom is -0.330 e. The molecule has 2 unspecified atom stereocenters. The van der Waals surface area contributed by atoms with E-state index in [-0.39, 0.29) is 5.91 Å². The van der Waals surface area contributed by atoms with Crippen LogP contribution in [0.5, 0.6) is 0 Å². The molecule has 2 aliphatic heterocycles. The monoisotopic (exact) mass is 508 g/mol. The molecule has 0 aromatic carbocycles. The van der Waals surface area contributed by atoms with Crippen LogP contribution < -0.4 is 5.32 Å². The van der Waals surface area contributed by atoms with Gasteiger partial charge in [-0.25, -0.2) is 15.0 Å². The van der Waals surface area contributed by atoms with Crippen molar-refractivity contribution in [3.63, 3.8) is 0 Å². The van der Waals surface area contributed by atoms with E-state index in [4.69, 9.17) is 4.98 Å². The molecule has 5 heterocycles. The van der Waals surface area contributed by atoms with Crippen LogP contribution >= 0.6 is 22.7 Å². The Bertz CT molecular complexity index is 1180. The molecule has 2 saturated heterocycles. The zero-order chi connectivity index (χ0) is 23.9. The van der Waals surface area contributed by atoms with Crippen molar-refractivity contribution in [3.8, 4) is 10.6 Å². The molecule has 7 nitrogen and oxygen atoms in total. The number of likely N-dealkylation sites (tertiary alicyclic amines) is 1. The first-order chi connectivity index (χ1) is 17.0. The third-order valence-electron chi connectivity index (χ3n) is 7.72. The smallest absolute Gasteiger partial charge is 0.256 e. The van der Waals surface area contributed by atoms with Gasteiger partial charge in [-0.2, -0.15) is 0 Å². The van der Waals surface area contributed by atoms with E-state index in [1.807, 2.05) is 31.4 Å². The molecular weight excluding hydrogens is 476 g/mol. The highest BCUT2D eigenvalue weighted by Gasteiger charge is 2.44. The Morgan fingerprint density at radius 1 is 1.00 bits per heavy atom. The summed E-state index contributed by atoms with van der Waals surface area (Å²) in [6.45, 7) is 6.10. The number of nitrogens with zero attached hydrogens (tertiary/aromatic N) is 5. The van der Waals surface area contributed by atoms with E-state index in [1.54, 1.807) is 28.9 Å². The van der Waals surface area contributed by atoms with Gasteiger partial charge in [0, 0.05) is 42.8 Å². The standard InChI is InChI=1S/C26H32N6OS2/c1-16-24(35-17(2)28-16)22-15-34-26(29-22)30-23-11-8-18(12-27-23)25(33)32-20-9-10-21(32)14-31(13-20)19-6-4-3-5-7-19/h8,11-12,15,19-21H,3-7,9-10,13-14H2,1-2H3,(H,27,29,30). The van der Waals surface area contributed by atoms with Crippen molar-refractivity contribution in [2.75, 3.05) is 18.4 Å². The highest BCUT2D eigenvalue weighted by atomic mass is 32.1. The number of piperazine rings is 1. The Morgan fingerprint density at radius 3 is 2.43 bits per heavy atom. The van der Waals surface area contributed by atoms with Crippen molar-refractivity contribution in [3.05, 3.63) is 40.0 Å². The van der Waals surface area contributed by atoms with Gasteiger partial charge < -0.3 is 10.2 Å². The Labute approximate surface area is 214 Å². The van der Waals surface area contributed by atoms with Crippen molar-refractivity contribution in [1.29, 1.82) is 0 Å². The highest BCUT2D eigenvalue weighted by Crippen LogP contribution is 2.36. The summed E-state index contributed by atoms with van der Waals surface area (Å²) < 4.78 is 0. The SMILES string of the molecule is Cc1nc(C)c(-c2csc(Nc3ccc(C(=O)N4C5CCC4CN(C4CCCCC4)C5)cn3)n2)s1. The molecule has 2 bridgehead atoms. The second-order valence-corrected chi connectivity index (χ2v) is 12.1. The minimum atomic E-state index is 0.132. The fraction of sp³-hybridized carbons (Fsp3) is 0.538. The number of hydrogen-bond donors (Lipinski definition) is 1. The van der Waals surface area contributed by atoms with Gasteiger partial charge in [0.2, 0.25) is 0 Å². The van der Waals surface area contributed by atoms with E-state index >= 15 is 0 Å². The predicted molar refractivity (Wildman–Crippen MR) is 142 cm³/mol. The van der Waals surface area contributed by atoms with Gasteiger partial charge in [0.05, 0.1) is 26.8 Å². The lowest BCUT2D eigenvalue weighted by atomic mass is 9.93. The van der Waals surface area contributed by atoms with E-state index in [0.717, 1.165) is 58.4 Å². The Balaban J connectivity index is 1.10. The third-order valence-corrected chi connectivity index (χ3v) is 9.57. The van der Waals surface area contributed by atoms with Gasteiger partial charge in [0.1, 0.15) is 5.82 Å². The van der Waals surface area contributed by atoms with Crippen LogP contribution in [0.4, 0.5) is 10.9 Å². The average Bonchev–Trinajstić information content (AvgIpc) is 3.54. The summed E-state index contributed by atoms with van der Waals surface area (Å²) in [4.78, 5) is 33.2. The molecule has 0 radical (unpaired) electrons. The van der Waals surface area contributed by atoms with E-state index < -0.39 is 0 Å². The molecule has 1 amide bonds. The van der Waals surface area contributed by atoms with Gasteiger partial charge >= 0.3 is 0 Å². The van der Waals surface area contributed by atoms with Crippen molar-refractivity contribution < 1.29 is 4.79 Å². The van der Waals surface area contributed by atoms with Crippen LogP contribution in [-0.2, 0) is 0 Å². The molecule has 1 N–H and O–H groups in total. The first-order valence-electron chi connectivity index (χ1n) is 12.7. The molecule has 35 heavy (non-hydrogen) atoms. The van der Waals surface area contributed by atoms with Crippen LogP contribution in [0, 0.1) is 13.8 Å². The summed E-state index contributed by atoms with van der Waals surface area (Å²) >= 11 is 3.21. The van der Waals surface area contributed by atoms with Gasteiger partial charge in [-0.15, -0.1) is 22.7 Å². The number of thiazole rings is 2. The number of amides is 1. The molecule has 3 fully saturated rings. The molecule has 0 spiro atoms. The maximum atomic E-state index is 13.4. The van der Waals surface area contributed by atoms with Gasteiger partial charge in [0.25, 0.3) is 5.91 Å². The second kappa shape index (κ2) is 9.59. The number of aryl methyl sites for hydroxylation is 2. The van der Waals surface area contributed by atoms with Gasteiger partial charge in [0.15, 0.2) is 5.13 Å². The van der Waals surface area contributed by atoms with Gasteiger partial charge in [-0.05, 0) is 51.7 Å². The summed E-state index contributed by atoms with van der Waals surface area (Å²) in [5.41, 5.74) is 2.63. The lowest BCUT2D eigenvalue weighted by molar-refractivity contribution is 0.0248. The zero-order valence-corrected chi connectivity index (χ0v) is 22.0. The molecular formula is C26H32N6OS2. The number of rotatable bonds is 5. The van der Waals surface area contributed by atoms with E-state index in [2.05, 4.69) is 25.1 Å². The maximum absolute atomic E-state index is 13.4. The largest absolute Gasteiger partial charge is 0.330 e. The van der Waals surface area contributed by atoms with Gasteiger partial charge in [-0.1, -0.05) is 19.3 Å². The molecule has 3 aromatic rings. The lowest BCUT2D eigenvalue weighted by Crippen LogP contribution is -2.58. The Kier molecular flexibility index (Phi) is 6.32. The number of hydrogen-bond acceptors (Lipinski definition) is 8. The molecule has 9 heteroatoms. The molecule has 1 aliphatic carbocycles. The number of carbonyl (C=O) groups excluding carboxylic acids is 1. The van der Waals surface area contributed by atoms with Crippen molar-refractivity contribution in [2.45, 2.75) is 76.9 Å². The van der Waals surface area contributed by atoms with Gasteiger partial charge in [-0.3, -0.25) is 9.69 Å². The second-order valence-electron chi connectivity index (χ2n) is 10.1. The van der Waals surface area contributed by atoms with Crippen molar-refractivity contribution in [2.24, 2.45) is 0 Å². The minimum absolute atomic E-state index is 0.132. The van der Waals surface area contributed by atoms with Crippen LogP contribution in [-0.4, -0.2) is 61.9 Å². The van der Waals surface area contributed by atoms with E-state index in [1.165, 1.54) is 32.1 Å². The molecule has 3 aromatic heterocycles. The number of pyridine rings is 1. The maximum Gasteiger partial charge on any atom is 0.256 e. The van der Waals surface area contributed by atoms with Crippen molar-refractivity contribution in [1.82, 2.24) is 24.8 Å². The number of fused-ring (bicyclic) bond motifs is 2. The molecule has 1 saturated carbocycles. The summed E-state index contributed by atoms with van der Waals surface area (Å²) in [5.74, 6) is 0.831. The van der Waals surface area contributed by atoms with Crippen LogP contribution in [0.25, 0.3) is 10.6 Å². The molecule has 2 atom stereocenters. The average molecular weight is 509 g/mol. The fourth-order valence-corrected chi connectivity index (χ4v) is 7.73. The van der Waals surface area contributed by atoms with Crippen LogP contribution in [0.15, 0.2) is 23.7 Å². The Hall–Kier alpha value is -2.36. The molecule has 184 valence electrons. The summed E-state index contributed by atoms with van der Waals surface area (Å²) in [6, 6.07) is 5.19. The topological polar surface area (TPSA) is 74.2 Å². The number of aromatic nitrogens is 3. The number of anilines is 2. The van der Waals surface area contributed by atoms with Crippen LogP contribution in [0.3, 0.4) is 0 Å². The fourth-order valence-electron chi connectivity index (χ4n) is 6.07. The summed E-state index contributed by atoms with van der Waals surface area (Å²) in [7, 11) is 0. The van der Waals surface area contributed by atoms with Crippen LogP contribution in [0.1, 0.15) is 66.0 Å². The summed E-state index contributed by atoms with van der Waals surface area (Å²) in [5, 5.41) is 7.16. The Morgan fingerprint density at radius 2 is 1.77 bits per heavy atom. The first kappa shape index (κ1) is 23.1.